The van der Waals surface area contributed by atoms with E-state index < -0.39 is 0 Å². The van der Waals surface area contributed by atoms with E-state index in [4.69, 9.17) is 9.84 Å². The minimum Gasteiger partial charge on any atom is -0.508 e. The summed E-state index contributed by atoms with van der Waals surface area (Å²) in [4.78, 5) is 0. The normalized spacial score (nSPS) is 14.9. The summed E-state index contributed by atoms with van der Waals surface area (Å²) in [5.74, 6) is 2.03. The fraction of sp³-hybridized carbons (Fsp3) is 0.368. The average molecular weight is 284 g/mol. The van der Waals surface area contributed by atoms with Gasteiger partial charge in [-0.15, -0.1) is 0 Å². The Morgan fingerprint density at radius 3 is 2.00 bits per heavy atom. The summed E-state index contributed by atoms with van der Waals surface area (Å²) in [6, 6.07) is 17.4. The molecule has 0 atom stereocenters. The first-order valence-electron chi connectivity index (χ1n) is 7.67. The summed E-state index contributed by atoms with van der Waals surface area (Å²) in [5.41, 5.74) is 1.40. The smallest absolute Gasteiger partial charge is 0.118 e. The Morgan fingerprint density at radius 2 is 1.48 bits per heavy atom. The predicted molar refractivity (Wildman–Crippen MR) is 86.9 cm³/mol. The molecule has 112 valence electrons. The van der Waals surface area contributed by atoms with Crippen molar-refractivity contribution in [3.63, 3.8) is 0 Å². The van der Waals surface area contributed by atoms with Crippen LogP contribution < -0.4 is 4.74 Å². The Labute approximate surface area is 127 Å². The van der Waals surface area contributed by atoms with Crippen LogP contribution in [0, 0.1) is 0 Å². The highest BCUT2D eigenvalue weighted by molar-refractivity contribution is 5.28. The molecule has 3 rings (SSSR count). The van der Waals surface area contributed by atoms with Crippen molar-refractivity contribution in [3.05, 3.63) is 60.2 Å². The SMILES string of the molecule is COc1ccccc1.Oc1ccc(C2CCCCC2)cc1. The third-order valence-electron chi connectivity index (χ3n) is 3.95. The van der Waals surface area contributed by atoms with Gasteiger partial charge in [-0.2, -0.15) is 0 Å². The Morgan fingerprint density at radius 1 is 0.857 bits per heavy atom. The molecule has 0 aliphatic heterocycles. The second-order valence-electron chi connectivity index (χ2n) is 5.44. The molecular formula is C19H24O2. The molecule has 2 aromatic rings. The number of benzene rings is 2. The third-order valence-corrected chi connectivity index (χ3v) is 3.95. The zero-order valence-electron chi connectivity index (χ0n) is 12.7. The molecule has 0 heterocycles. The van der Waals surface area contributed by atoms with Crippen LogP contribution in [0.5, 0.6) is 11.5 Å². The summed E-state index contributed by atoms with van der Waals surface area (Å²) in [6.45, 7) is 0. The first-order valence-corrected chi connectivity index (χ1v) is 7.67. The van der Waals surface area contributed by atoms with Gasteiger partial charge in [-0.25, -0.2) is 0 Å². The number of methoxy groups -OCH3 is 1. The molecule has 1 saturated carbocycles. The number of phenolic OH excluding ortho intramolecular Hbond substituents is 1. The van der Waals surface area contributed by atoms with Crippen LogP contribution in [0.1, 0.15) is 43.6 Å². The second kappa shape index (κ2) is 8.35. The number of phenols is 1. The van der Waals surface area contributed by atoms with Gasteiger partial charge in [0.25, 0.3) is 0 Å². The summed E-state index contributed by atoms with van der Waals surface area (Å²) in [5, 5.41) is 9.16. The van der Waals surface area contributed by atoms with Crippen LogP contribution in [0.2, 0.25) is 0 Å². The van der Waals surface area contributed by atoms with Crippen molar-refractivity contribution < 1.29 is 9.84 Å². The number of para-hydroxylation sites is 1. The van der Waals surface area contributed by atoms with Gasteiger partial charge < -0.3 is 9.84 Å². The summed E-state index contributed by atoms with van der Waals surface area (Å²) < 4.78 is 4.91. The Balaban J connectivity index is 0.000000173. The molecule has 21 heavy (non-hydrogen) atoms. The van der Waals surface area contributed by atoms with Crippen molar-refractivity contribution in [2.24, 2.45) is 0 Å². The van der Waals surface area contributed by atoms with Gasteiger partial charge in [0, 0.05) is 0 Å². The lowest BCUT2D eigenvalue weighted by molar-refractivity contribution is 0.415. The molecule has 1 N–H and O–H groups in total. The lowest BCUT2D eigenvalue weighted by Crippen LogP contribution is -2.03. The molecule has 1 aliphatic carbocycles. The van der Waals surface area contributed by atoms with Crippen LogP contribution >= 0.6 is 0 Å². The number of aromatic hydroxyl groups is 1. The molecule has 0 radical (unpaired) electrons. The monoisotopic (exact) mass is 284 g/mol. The Bertz CT molecular complexity index is 499. The number of hydrogen-bond acceptors (Lipinski definition) is 2. The maximum Gasteiger partial charge on any atom is 0.118 e. The minimum absolute atomic E-state index is 0.375. The number of rotatable bonds is 2. The van der Waals surface area contributed by atoms with Gasteiger partial charge in [0.2, 0.25) is 0 Å². The molecule has 2 aromatic carbocycles. The first-order chi connectivity index (χ1) is 10.3. The van der Waals surface area contributed by atoms with Crippen LogP contribution in [-0.4, -0.2) is 12.2 Å². The number of ether oxygens (including phenoxy) is 1. The highest BCUT2D eigenvalue weighted by Gasteiger charge is 2.14. The molecule has 0 unspecified atom stereocenters. The average Bonchev–Trinajstić information content (AvgIpc) is 2.58. The molecule has 1 fully saturated rings. The van der Waals surface area contributed by atoms with Gasteiger partial charge in [0.15, 0.2) is 0 Å². The standard InChI is InChI=1S/C12H16O.C7H8O/c13-12-8-6-11(7-9-12)10-4-2-1-3-5-10;1-8-7-5-3-2-4-6-7/h6-10,13H,1-5H2;2-6H,1H3. The van der Waals surface area contributed by atoms with E-state index in [1.54, 1.807) is 19.2 Å². The molecule has 0 amide bonds. The van der Waals surface area contributed by atoms with Crippen molar-refractivity contribution in [2.75, 3.05) is 7.11 Å². The Kier molecular flexibility index (Phi) is 6.14. The maximum atomic E-state index is 9.16. The Hall–Kier alpha value is -1.96. The van der Waals surface area contributed by atoms with Crippen molar-refractivity contribution in [1.82, 2.24) is 0 Å². The van der Waals surface area contributed by atoms with E-state index in [0.717, 1.165) is 11.7 Å². The maximum absolute atomic E-state index is 9.16. The molecule has 0 bridgehead atoms. The van der Waals surface area contributed by atoms with E-state index in [2.05, 4.69) is 12.1 Å². The van der Waals surface area contributed by atoms with Crippen LogP contribution in [0.25, 0.3) is 0 Å². The third kappa shape index (κ3) is 5.14. The van der Waals surface area contributed by atoms with E-state index in [1.165, 1.54) is 37.7 Å². The van der Waals surface area contributed by atoms with Crippen molar-refractivity contribution in [3.8, 4) is 11.5 Å². The van der Waals surface area contributed by atoms with Crippen molar-refractivity contribution in [1.29, 1.82) is 0 Å². The van der Waals surface area contributed by atoms with Gasteiger partial charge in [-0.3, -0.25) is 0 Å². The molecule has 0 saturated heterocycles. The van der Waals surface area contributed by atoms with E-state index in [0.29, 0.717) is 5.75 Å². The predicted octanol–water partition coefficient (Wildman–Crippen LogP) is 5.14. The molecule has 1 aliphatic rings. The second-order valence-corrected chi connectivity index (χ2v) is 5.44. The first kappa shape index (κ1) is 15.4. The molecule has 2 nitrogen and oxygen atoms in total. The van der Waals surface area contributed by atoms with E-state index in [-0.39, 0.29) is 0 Å². The van der Waals surface area contributed by atoms with Gasteiger partial charge in [0.1, 0.15) is 11.5 Å². The summed E-state index contributed by atoms with van der Waals surface area (Å²) in [6.07, 6.45) is 6.78. The fourth-order valence-electron chi connectivity index (χ4n) is 2.74. The van der Waals surface area contributed by atoms with Crippen molar-refractivity contribution >= 4 is 0 Å². The lowest BCUT2D eigenvalue weighted by Gasteiger charge is -2.21. The van der Waals surface area contributed by atoms with E-state index in [1.807, 2.05) is 30.3 Å². The highest BCUT2D eigenvalue weighted by atomic mass is 16.5. The quantitative estimate of drug-likeness (QED) is 0.828. The van der Waals surface area contributed by atoms with E-state index >= 15 is 0 Å². The molecule has 0 aromatic heterocycles. The number of hydrogen-bond donors (Lipinski definition) is 1. The highest BCUT2D eigenvalue weighted by Crippen LogP contribution is 2.32. The van der Waals surface area contributed by atoms with Gasteiger partial charge >= 0.3 is 0 Å². The van der Waals surface area contributed by atoms with Gasteiger partial charge in [-0.1, -0.05) is 49.6 Å². The molecule has 0 spiro atoms. The van der Waals surface area contributed by atoms with Crippen LogP contribution in [0.4, 0.5) is 0 Å². The van der Waals surface area contributed by atoms with Gasteiger partial charge in [-0.05, 0) is 48.6 Å². The van der Waals surface area contributed by atoms with Crippen LogP contribution in [0.3, 0.4) is 0 Å². The minimum atomic E-state index is 0.375. The van der Waals surface area contributed by atoms with Crippen LogP contribution in [0.15, 0.2) is 54.6 Å². The van der Waals surface area contributed by atoms with Crippen molar-refractivity contribution in [2.45, 2.75) is 38.0 Å². The lowest BCUT2D eigenvalue weighted by atomic mass is 9.84. The zero-order chi connectivity index (χ0) is 14.9. The topological polar surface area (TPSA) is 29.5 Å². The molecular weight excluding hydrogens is 260 g/mol. The summed E-state index contributed by atoms with van der Waals surface area (Å²) in [7, 11) is 1.66. The van der Waals surface area contributed by atoms with Crippen LogP contribution in [-0.2, 0) is 0 Å². The largest absolute Gasteiger partial charge is 0.508 e. The zero-order valence-corrected chi connectivity index (χ0v) is 12.7. The summed E-state index contributed by atoms with van der Waals surface area (Å²) >= 11 is 0. The molecule has 2 heteroatoms. The van der Waals surface area contributed by atoms with E-state index in [9.17, 15) is 0 Å². The van der Waals surface area contributed by atoms with Gasteiger partial charge in [0.05, 0.1) is 7.11 Å². The fourth-order valence-corrected chi connectivity index (χ4v) is 2.74.